The SMILES string of the molecule is CC(N)CC1CCCN1Cc1ccc(F)cc1F. The van der Waals surface area contributed by atoms with Crippen LogP contribution in [0.3, 0.4) is 0 Å². The molecule has 2 unspecified atom stereocenters. The lowest BCUT2D eigenvalue weighted by Crippen LogP contribution is -2.34. The molecule has 0 saturated carbocycles. The highest BCUT2D eigenvalue weighted by atomic mass is 19.1. The second-order valence-corrected chi connectivity index (χ2v) is 5.22. The number of nitrogens with two attached hydrogens (primary N) is 1. The zero-order valence-corrected chi connectivity index (χ0v) is 10.7. The van der Waals surface area contributed by atoms with Gasteiger partial charge >= 0.3 is 0 Å². The highest BCUT2D eigenvalue weighted by Crippen LogP contribution is 2.24. The Labute approximate surface area is 107 Å². The number of rotatable bonds is 4. The van der Waals surface area contributed by atoms with Crippen LogP contribution >= 0.6 is 0 Å². The van der Waals surface area contributed by atoms with Gasteiger partial charge in [-0.15, -0.1) is 0 Å². The Kier molecular flexibility index (Phi) is 4.30. The van der Waals surface area contributed by atoms with Crippen molar-refractivity contribution in [2.24, 2.45) is 5.73 Å². The predicted molar refractivity (Wildman–Crippen MR) is 68.1 cm³/mol. The van der Waals surface area contributed by atoms with Gasteiger partial charge in [-0.1, -0.05) is 6.07 Å². The molecule has 1 aliphatic rings. The highest BCUT2D eigenvalue weighted by Gasteiger charge is 2.25. The molecular weight excluding hydrogens is 234 g/mol. The summed E-state index contributed by atoms with van der Waals surface area (Å²) in [5, 5.41) is 0. The van der Waals surface area contributed by atoms with Crippen LogP contribution in [0.25, 0.3) is 0 Å². The monoisotopic (exact) mass is 254 g/mol. The van der Waals surface area contributed by atoms with Gasteiger partial charge in [-0.25, -0.2) is 8.78 Å². The Balaban J connectivity index is 2.03. The summed E-state index contributed by atoms with van der Waals surface area (Å²) >= 11 is 0. The lowest BCUT2D eigenvalue weighted by atomic mass is 10.1. The molecule has 0 aliphatic carbocycles. The molecule has 4 heteroatoms. The minimum Gasteiger partial charge on any atom is -0.328 e. The van der Waals surface area contributed by atoms with Gasteiger partial charge in [-0.05, 0) is 38.8 Å². The van der Waals surface area contributed by atoms with Crippen LogP contribution in [0, 0.1) is 11.6 Å². The summed E-state index contributed by atoms with van der Waals surface area (Å²) in [5.74, 6) is -0.980. The normalized spacial score (nSPS) is 22.3. The maximum absolute atomic E-state index is 13.6. The maximum Gasteiger partial charge on any atom is 0.130 e. The van der Waals surface area contributed by atoms with Gasteiger partial charge in [0.05, 0.1) is 0 Å². The summed E-state index contributed by atoms with van der Waals surface area (Å²) in [6.07, 6.45) is 3.17. The van der Waals surface area contributed by atoms with E-state index in [1.807, 2.05) is 6.92 Å². The molecule has 0 bridgehead atoms. The largest absolute Gasteiger partial charge is 0.328 e. The Morgan fingerprint density at radius 3 is 2.89 bits per heavy atom. The van der Waals surface area contributed by atoms with E-state index in [0.717, 1.165) is 31.9 Å². The number of likely N-dealkylation sites (tertiary alicyclic amines) is 1. The first-order chi connectivity index (χ1) is 8.56. The topological polar surface area (TPSA) is 29.3 Å². The molecule has 2 nitrogen and oxygen atoms in total. The van der Waals surface area contributed by atoms with Crippen molar-refractivity contribution in [1.29, 1.82) is 0 Å². The van der Waals surface area contributed by atoms with Crippen LogP contribution in [0.5, 0.6) is 0 Å². The van der Waals surface area contributed by atoms with Crippen LogP contribution < -0.4 is 5.73 Å². The third-order valence-corrected chi connectivity index (χ3v) is 3.53. The van der Waals surface area contributed by atoms with E-state index in [1.54, 1.807) is 0 Å². The zero-order chi connectivity index (χ0) is 13.1. The molecule has 0 spiro atoms. The number of nitrogens with zero attached hydrogens (tertiary/aromatic N) is 1. The summed E-state index contributed by atoms with van der Waals surface area (Å²) < 4.78 is 26.4. The lowest BCUT2D eigenvalue weighted by molar-refractivity contribution is 0.224. The first-order valence-electron chi connectivity index (χ1n) is 6.50. The van der Waals surface area contributed by atoms with Gasteiger partial charge < -0.3 is 5.73 Å². The van der Waals surface area contributed by atoms with Crippen molar-refractivity contribution in [2.75, 3.05) is 6.54 Å². The van der Waals surface area contributed by atoms with E-state index in [9.17, 15) is 8.78 Å². The first-order valence-corrected chi connectivity index (χ1v) is 6.50. The molecule has 0 radical (unpaired) electrons. The summed E-state index contributed by atoms with van der Waals surface area (Å²) in [6.45, 7) is 3.51. The van der Waals surface area contributed by atoms with Crippen molar-refractivity contribution in [3.05, 3.63) is 35.4 Å². The van der Waals surface area contributed by atoms with E-state index in [1.165, 1.54) is 12.1 Å². The molecule has 2 rings (SSSR count). The molecule has 1 aliphatic heterocycles. The van der Waals surface area contributed by atoms with Crippen molar-refractivity contribution >= 4 is 0 Å². The predicted octanol–water partition coefficient (Wildman–Crippen LogP) is 2.67. The van der Waals surface area contributed by atoms with E-state index in [0.29, 0.717) is 18.2 Å². The van der Waals surface area contributed by atoms with E-state index < -0.39 is 11.6 Å². The van der Waals surface area contributed by atoms with Gasteiger partial charge in [-0.2, -0.15) is 0 Å². The highest BCUT2D eigenvalue weighted by molar-refractivity contribution is 5.18. The van der Waals surface area contributed by atoms with Crippen LogP contribution in [0.4, 0.5) is 8.78 Å². The lowest BCUT2D eigenvalue weighted by Gasteiger charge is -2.26. The number of halogens is 2. The zero-order valence-electron chi connectivity index (χ0n) is 10.7. The summed E-state index contributed by atoms with van der Waals surface area (Å²) in [5.41, 5.74) is 6.39. The fourth-order valence-corrected chi connectivity index (χ4v) is 2.67. The molecule has 1 fully saturated rings. The number of hydrogen-bond donors (Lipinski definition) is 1. The Morgan fingerprint density at radius 2 is 2.22 bits per heavy atom. The Hall–Kier alpha value is -1.00. The molecular formula is C14H20F2N2. The smallest absolute Gasteiger partial charge is 0.130 e. The molecule has 1 aromatic rings. The number of hydrogen-bond acceptors (Lipinski definition) is 2. The van der Waals surface area contributed by atoms with Crippen molar-refractivity contribution in [1.82, 2.24) is 4.90 Å². The van der Waals surface area contributed by atoms with Crippen LogP contribution in [0.2, 0.25) is 0 Å². The van der Waals surface area contributed by atoms with Crippen molar-refractivity contribution < 1.29 is 8.78 Å². The molecule has 2 N–H and O–H groups in total. The van der Waals surface area contributed by atoms with Crippen molar-refractivity contribution in [3.8, 4) is 0 Å². The summed E-state index contributed by atoms with van der Waals surface area (Å²) in [7, 11) is 0. The van der Waals surface area contributed by atoms with Gasteiger partial charge in [0.25, 0.3) is 0 Å². The fourth-order valence-electron chi connectivity index (χ4n) is 2.67. The summed E-state index contributed by atoms with van der Waals surface area (Å²) in [6, 6.07) is 4.38. The van der Waals surface area contributed by atoms with Gasteiger partial charge in [0.15, 0.2) is 0 Å². The van der Waals surface area contributed by atoms with Crippen molar-refractivity contribution in [3.63, 3.8) is 0 Å². The first kappa shape index (κ1) is 13.4. The summed E-state index contributed by atoms with van der Waals surface area (Å²) in [4.78, 5) is 2.25. The average Bonchev–Trinajstić information content (AvgIpc) is 2.69. The van der Waals surface area contributed by atoms with Gasteiger partial charge in [0.2, 0.25) is 0 Å². The van der Waals surface area contributed by atoms with Crippen LogP contribution in [0.1, 0.15) is 31.7 Å². The fraction of sp³-hybridized carbons (Fsp3) is 0.571. The van der Waals surface area contributed by atoms with Crippen LogP contribution in [0.15, 0.2) is 18.2 Å². The second-order valence-electron chi connectivity index (χ2n) is 5.22. The van der Waals surface area contributed by atoms with Crippen LogP contribution in [-0.2, 0) is 6.54 Å². The van der Waals surface area contributed by atoms with E-state index in [4.69, 9.17) is 5.73 Å². The molecule has 1 heterocycles. The minimum absolute atomic E-state index is 0.161. The Bertz CT molecular complexity index is 407. The van der Waals surface area contributed by atoms with Gasteiger partial charge in [-0.3, -0.25) is 4.90 Å². The molecule has 18 heavy (non-hydrogen) atoms. The average molecular weight is 254 g/mol. The van der Waals surface area contributed by atoms with Gasteiger partial charge in [0, 0.05) is 30.3 Å². The van der Waals surface area contributed by atoms with E-state index >= 15 is 0 Å². The molecule has 2 atom stereocenters. The minimum atomic E-state index is -0.523. The molecule has 1 aromatic carbocycles. The Morgan fingerprint density at radius 1 is 1.44 bits per heavy atom. The third-order valence-electron chi connectivity index (χ3n) is 3.53. The van der Waals surface area contributed by atoms with Crippen molar-refractivity contribution in [2.45, 2.75) is 44.8 Å². The number of benzene rings is 1. The molecule has 1 saturated heterocycles. The second kappa shape index (κ2) is 5.76. The third kappa shape index (κ3) is 3.27. The van der Waals surface area contributed by atoms with E-state index in [2.05, 4.69) is 4.90 Å². The van der Waals surface area contributed by atoms with E-state index in [-0.39, 0.29) is 6.04 Å². The molecule has 0 amide bonds. The quantitative estimate of drug-likeness (QED) is 0.895. The van der Waals surface area contributed by atoms with Crippen LogP contribution in [-0.4, -0.2) is 23.5 Å². The standard InChI is InChI=1S/C14H20F2N2/c1-10(17)7-13-3-2-6-18(13)9-11-4-5-12(15)8-14(11)16/h4-5,8,10,13H,2-3,6-7,9,17H2,1H3. The molecule has 100 valence electrons. The maximum atomic E-state index is 13.6. The molecule has 0 aromatic heterocycles. The van der Waals surface area contributed by atoms with Gasteiger partial charge in [0.1, 0.15) is 11.6 Å².